The van der Waals surface area contributed by atoms with Crippen LogP contribution in [0.2, 0.25) is 0 Å². The van der Waals surface area contributed by atoms with Gasteiger partial charge in [0.25, 0.3) is 0 Å². The quantitative estimate of drug-likeness (QED) is 0.585. The van der Waals surface area contributed by atoms with E-state index in [0.717, 1.165) is 32.5 Å². The van der Waals surface area contributed by atoms with Gasteiger partial charge in [-0.25, -0.2) is 0 Å². The molecule has 0 amide bonds. The molecule has 0 heterocycles. The smallest absolute Gasteiger partial charge is 0.149 e. The second-order valence-corrected chi connectivity index (χ2v) is 4.18. The summed E-state index contributed by atoms with van der Waals surface area (Å²) in [5.74, 6) is 0.338. The van der Waals surface area contributed by atoms with E-state index in [2.05, 4.69) is 24.1 Å². The molecule has 16 heavy (non-hydrogen) atoms. The Morgan fingerprint density at radius 2 is 1.88 bits per heavy atom. The van der Waals surface area contributed by atoms with Crippen LogP contribution < -0.4 is 5.32 Å². The minimum atomic E-state index is 0. The minimum Gasteiger partial charge on any atom is -0.311 e. The van der Waals surface area contributed by atoms with E-state index in [-0.39, 0.29) is 7.47 Å². The van der Waals surface area contributed by atoms with Crippen molar-refractivity contribution in [2.75, 3.05) is 26.7 Å². The lowest BCUT2D eigenvalue weighted by Crippen LogP contribution is -2.33. The van der Waals surface area contributed by atoms with E-state index in [0.29, 0.717) is 12.2 Å². The normalized spacial score (nSPS) is 13.1. The first kappa shape index (κ1) is 15.6. The molecule has 98 valence electrons. The first-order valence-electron chi connectivity index (χ1n) is 6.61. The molecule has 3 heteroatoms. The molecule has 0 unspecified atom stereocenters. The SMILES string of the molecule is CCC(=O)[C@H](CCCCN(CC)CC)NC.[HH]. The Bertz CT molecular complexity index is 184. The summed E-state index contributed by atoms with van der Waals surface area (Å²) in [5.41, 5.74) is 0. The number of nitrogens with one attached hydrogen (secondary N) is 1. The molecule has 0 fully saturated rings. The van der Waals surface area contributed by atoms with E-state index in [1.807, 2.05) is 14.0 Å². The third-order valence-electron chi connectivity index (χ3n) is 3.20. The number of unbranched alkanes of at least 4 members (excludes halogenated alkanes) is 1. The maximum atomic E-state index is 11.5. The highest BCUT2D eigenvalue weighted by atomic mass is 16.1. The van der Waals surface area contributed by atoms with Crippen molar-refractivity contribution in [1.82, 2.24) is 10.2 Å². The number of hydrogen-bond donors (Lipinski definition) is 1. The molecule has 0 saturated heterocycles. The second-order valence-electron chi connectivity index (χ2n) is 4.18. The van der Waals surface area contributed by atoms with Gasteiger partial charge in [-0.2, -0.15) is 0 Å². The van der Waals surface area contributed by atoms with Gasteiger partial charge in [0, 0.05) is 7.85 Å². The summed E-state index contributed by atoms with van der Waals surface area (Å²) < 4.78 is 0. The van der Waals surface area contributed by atoms with Crippen molar-refractivity contribution in [3.8, 4) is 0 Å². The fourth-order valence-electron chi connectivity index (χ4n) is 1.94. The van der Waals surface area contributed by atoms with E-state index in [1.165, 1.54) is 6.42 Å². The van der Waals surface area contributed by atoms with Crippen molar-refractivity contribution in [3.05, 3.63) is 0 Å². The lowest BCUT2D eigenvalue weighted by atomic mass is 10.0. The van der Waals surface area contributed by atoms with E-state index in [1.54, 1.807) is 0 Å². The summed E-state index contributed by atoms with van der Waals surface area (Å²) >= 11 is 0. The van der Waals surface area contributed by atoms with E-state index in [4.69, 9.17) is 0 Å². The molecule has 0 rings (SSSR count). The fraction of sp³-hybridized carbons (Fsp3) is 0.923. The molecule has 0 saturated carbocycles. The molecule has 0 aromatic carbocycles. The van der Waals surface area contributed by atoms with Gasteiger partial charge in [-0.05, 0) is 39.5 Å². The van der Waals surface area contributed by atoms with Crippen LogP contribution in [0.15, 0.2) is 0 Å². The molecule has 0 spiro atoms. The van der Waals surface area contributed by atoms with Crippen LogP contribution in [0.5, 0.6) is 0 Å². The largest absolute Gasteiger partial charge is 0.311 e. The Morgan fingerprint density at radius 1 is 1.25 bits per heavy atom. The molecule has 1 atom stereocenters. The van der Waals surface area contributed by atoms with Crippen LogP contribution >= 0.6 is 0 Å². The summed E-state index contributed by atoms with van der Waals surface area (Å²) in [6, 6.07) is 0.0710. The molecule has 0 aliphatic heterocycles. The summed E-state index contributed by atoms with van der Waals surface area (Å²) in [6.45, 7) is 9.73. The summed E-state index contributed by atoms with van der Waals surface area (Å²) in [6.07, 6.45) is 3.94. The van der Waals surface area contributed by atoms with Crippen LogP contribution in [-0.4, -0.2) is 43.4 Å². The average Bonchev–Trinajstić information content (AvgIpc) is 2.33. The standard InChI is InChI=1S/C13H28N2O.H2/c1-5-13(16)12(14-4)10-8-9-11-15(6-2)7-3;/h12,14H,5-11H2,1-4H3;1H/t12-;/m0./s1. The number of nitrogens with zero attached hydrogens (tertiary/aromatic N) is 1. The number of rotatable bonds is 10. The van der Waals surface area contributed by atoms with Gasteiger partial charge in [0.1, 0.15) is 5.78 Å². The molecule has 0 bridgehead atoms. The van der Waals surface area contributed by atoms with Crippen LogP contribution in [0.25, 0.3) is 0 Å². The van der Waals surface area contributed by atoms with Crippen molar-refractivity contribution in [3.63, 3.8) is 0 Å². The minimum absolute atomic E-state index is 0. The maximum absolute atomic E-state index is 11.5. The second kappa shape index (κ2) is 9.79. The lowest BCUT2D eigenvalue weighted by Gasteiger charge is -2.19. The number of ketones is 1. The van der Waals surface area contributed by atoms with Gasteiger partial charge in [0.05, 0.1) is 6.04 Å². The topological polar surface area (TPSA) is 32.3 Å². The number of likely N-dealkylation sites (N-methyl/N-ethyl adjacent to an activating group) is 1. The zero-order valence-corrected chi connectivity index (χ0v) is 11.4. The van der Waals surface area contributed by atoms with Crippen LogP contribution in [0.1, 0.15) is 47.9 Å². The Morgan fingerprint density at radius 3 is 2.31 bits per heavy atom. The Hall–Kier alpha value is -0.410. The Balaban J connectivity index is 0. The van der Waals surface area contributed by atoms with E-state index < -0.39 is 0 Å². The highest BCUT2D eigenvalue weighted by Crippen LogP contribution is 2.05. The van der Waals surface area contributed by atoms with Gasteiger partial charge in [-0.15, -0.1) is 0 Å². The summed E-state index contributed by atoms with van der Waals surface area (Å²) in [5, 5.41) is 3.11. The predicted molar refractivity (Wildman–Crippen MR) is 71.9 cm³/mol. The van der Waals surface area contributed by atoms with E-state index >= 15 is 0 Å². The van der Waals surface area contributed by atoms with Crippen molar-refractivity contribution >= 4 is 5.78 Å². The van der Waals surface area contributed by atoms with Crippen molar-refractivity contribution in [2.24, 2.45) is 0 Å². The average molecular weight is 230 g/mol. The van der Waals surface area contributed by atoms with Crippen LogP contribution in [0.3, 0.4) is 0 Å². The Labute approximate surface area is 102 Å². The molecule has 1 N–H and O–H groups in total. The first-order chi connectivity index (χ1) is 7.69. The molecule has 0 aliphatic carbocycles. The molecule has 0 aromatic rings. The van der Waals surface area contributed by atoms with E-state index in [9.17, 15) is 4.79 Å². The maximum Gasteiger partial charge on any atom is 0.149 e. The first-order valence-corrected chi connectivity index (χ1v) is 6.61. The highest BCUT2D eigenvalue weighted by molar-refractivity contribution is 5.83. The van der Waals surface area contributed by atoms with Crippen LogP contribution in [0, 0.1) is 0 Å². The van der Waals surface area contributed by atoms with Gasteiger partial charge in [-0.1, -0.05) is 27.2 Å². The zero-order valence-electron chi connectivity index (χ0n) is 11.4. The van der Waals surface area contributed by atoms with Crippen LogP contribution in [0.4, 0.5) is 0 Å². The molecule has 3 nitrogen and oxygen atoms in total. The molecule has 0 aliphatic rings. The van der Waals surface area contributed by atoms with Gasteiger partial charge >= 0.3 is 0 Å². The number of carbonyl (C=O) groups excluding carboxylic acids is 1. The molecule has 0 radical (unpaired) electrons. The van der Waals surface area contributed by atoms with Gasteiger partial charge < -0.3 is 10.2 Å². The summed E-state index contributed by atoms with van der Waals surface area (Å²) in [7, 11) is 1.88. The van der Waals surface area contributed by atoms with Gasteiger partial charge in [-0.3, -0.25) is 4.79 Å². The monoisotopic (exact) mass is 230 g/mol. The molecular formula is C13H30N2O. The zero-order chi connectivity index (χ0) is 12.4. The third-order valence-corrected chi connectivity index (χ3v) is 3.20. The van der Waals surface area contributed by atoms with Crippen molar-refractivity contribution < 1.29 is 6.22 Å². The third kappa shape index (κ3) is 6.23. The highest BCUT2D eigenvalue weighted by Gasteiger charge is 2.13. The van der Waals surface area contributed by atoms with Crippen molar-refractivity contribution in [1.29, 1.82) is 0 Å². The summed E-state index contributed by atoms with van der Waals surface area (Å²) in [4.78, 5) is 13.9. The number of hydrogen-bond acceptors (Lipinski definition) is 3. The van der Waals surface area contributed by atoms with Crippen LogP contribution in [-0.2, 0) is 4.79 Å². The Kier molecular flexibility index (Phi) is 9.54. The predicted octanol–water partition coefficient (Wildman–Crippen LogP) is 2.31. The molecular weight excluding hydrogens is 200 g/mol. The molecule has 0 aromatic heterocycles. The lowest BCUT2D eigenvalue weighted by molar-refractivity contribution is -0.120. The van der Waals surface area contributed by atoms with Gasteiger partial charge in [0.2, 0.25) is 0 Å². The fourth-order valence-corrected chi connectivity index (χ4v) is 1.94. The number of Topliss-reactive ketones (excluding diaryl/α,β-unsaturated/α-hetero) is 1. The van der Waals surface area contributed by atoms with Crippen molar-refractivity contribution in [2.45, 2.75) is 52.5 Å². The number of carbonyl (C=O) groups is 1. The van der Waals surface area contributed by atoms with Gasteiger partial charge in [0.15, 0.2) is 0 Å².